The molecule has 0 radical (unpaired) electrons. The van der Waals surface area contributed by atoms with Crippen LogP contribution in [0.2, 0.25) is 0 Å². The third kappa shape index (κ3) is 4.24. The first-order valence-electron chi connectivity index (χ1n) is 10.4. The number of anilines is 1. The number of fused-ring (bicyclic) bond motifs is 1. The van der Waals surface area contributed by atoms with E-state index in [1.165, 1.54) is 0 Å². The number of hydrogen-bond donors (Lipinski definition) is 3. The molecule has 8 heteroatoms. The molecule has 5 N–H and O–H groups in total. The summed E-state index contributed by atoms with van der Waals surface area (Å²) >= 11 is 0. The summed E-state index contributed by atoms with van der Waals surface area (Å²) in [6, 6.07) is 18.4. The van der Waals surface area contributed by atoms with Gasteiger partial charge in [0.25, 0.3) is 0 Å². The highest BCUT2D eigenvalue weighted by atomic mass is 19.1. The second-order valence-electron chi connectivity index (χ2n) is 7.61. The SMILES string of the molecule is Nc1ccc(-c2c[nH]c3ccc(-c4cncc(OC[C@@H](N)c5ccccc5)n4)cc23)c(F)n1. The van der Waals surface area contributed by atoms with Gasteiger partial charge < -0.3 is 21.2 Å². The average molecular weight is 440 g/mol. The molecule has 0 aliphatic rings. The van der Waals surface area contributed by atoms with Gasteiger partial charge in [-0.2, -0.15) is 4.39 Å². The lowest BCUT2D eigenvalue weighted by Crippen LogP contribution is -2.19. The third-order valence-electron chi connectivity index (χ3n) is 5.39. The highest BCUT2D eigenvalue weighted by molar-refractivity contribution is 5.97. The molecule has 0 bridgehead atoms. The summed E-state index contributed by atoms with van der Waals surface area (Å²) < 4.78 is 20.2. The van der Waals surface area contributed by atoms with Crippen LogP contribution in [0.1, 0.15) is 11.6 Å². The molecule has 0 aliphatic heterocycles. The summed E-state index contributed by atoms with van der Waals surface area (Å²) in [6.45, 7) is 0.270. The van der Waals surface area contributed by atoms with Crippen LogP contribution in [0, 0.1) is 5.95 Å². The van der Waals surface area contributed by atoms with E-state index in [-0.39, 0.29) is 18.5 Å². The predicted molar refractivity (Wildman–Crippen MR) is 126 cm³/mol. The van der Waals surface area contributed by atoms with Crippen LogP contribution in [-0.4, -0.2) is 26.5 Å². The molecule has 5 aromatic rings. The molecule has 0 spiro atoms. The smallest absolute Gasteiger partial charge is 0.232 e. The molecule has 3 heterocycles. The summed E-state index contributed by atoms with van der Waals surface area (Å²) in [5, 5.41) is 0.831. The quantitative estimate of drug-likeness (QED) is 0.335. The Morgan fingerprint density at radius 2 is 1.82 bits per heavy atom. The fourth-order valence-corrected chi connectivity index (χ4v) is 3.68. The Balaban J connectivity index is 1.42. The van der Waals surface area contributed by atoms with Crippen LogP contribution in [0.25, 0.3) is 33.3 Å². The van der Waals surface area contributed by atoms with Gasteiger partial charge in [-0.15, -0.1) is 0 Å². The molecule has 0 saturated heterocycles. The lowest BCUT2D eigenvalue weighted by Gasteiger charge is -2.13. The van der Waals surface area contributed by atoms with Gasteiger partial charge in [-0.05, 0) is 29.8 Å². The van der Waals surface area contributed by atoms with Crippen LogP contribution in [0.5, 0.6) is 5.88 Å². The highest BCUT2D eigenvalue weighted by Gasteiger charge is 2.14. The van der Waals surface area contributed by atoms with Gasteiger partial charge in [-0.1, -0.05) is 36.4 Å². The number of nitrogen functional groups attached to an aromatic ring is 1. The second kappa shape index (κ2) is 8.68. The van der Waals surface area contributed by atoms with Crippen molar-refractivity contribution < 1.29 is 9.13 Å². The maximum Gasteiger partial charge on any atom is 0.232 e. The lowest BCUT2D eigenvalue weighted by molar-refractivity contribution is 0.279. The molecule has 0 aliphatic carbocycles. The van der Waals surface area contributed by atoms with Gasteiger partial charge in [0, 0.05) is 33.8 Å². The lowest BCUT2D eigenvalue weighted by atomic mass is 10.0. The molecule has 2 aromatic carbocycles. The van der Waals surface area contributed by atoms with E-state index in [2.05, 4.69) is 19.9 Å². The predicted octanol–water partition coefficient (Wildman–Crippen LogP) is 4.49. The second-order valence-corrected chi connectivity index (χ2v) is 7.61. The molecule has 164 valence electrons. The van der Waals surface area contributed by atoms with Crippen LogP contribution in [0.3, 0.4) is 0 Å². The first kappa shape index (κ1) is 20.6. The van der Waals surface area contributed by atoms with Crippen molar-refractivity contribution in [2.45, 2.75) is 6.04 Å². The number of nitrogens with two attached hydrogens (primary N) is 2. The van der Waals surface area contributed by atoms with Crippen molar-refractivity contribution in [3.05, 3.63) is 90.8 Å². The molecule has 0 unspecified atom stereocenters. The monoisotopic (exact) mass is 440 g/mol. The van der Waals surface area contributed by atoms with Crippen molar-refractivity contribution in [1.82, 2.24) is 19.9 Å². The molecular formula is C25H21FN6O. The van der Waals surface area contributed by atoms with E-state index in [0.717, 1.165) is 22.0 Å². The zero-order chi connectivity index (χ0) is 22.8. The van der Waals surface area contributed by atoms with E-state index in [0.29, 0.717) is 22.7 Å². The molecule has 0 saturated carbocycles. The van der Waals surface area contributed by atoms with Crippen molar-refractivity contribution in [2.24, 2.45) is 5.73 Å². The van der Waals surface area contributed by atoms with Crippen LogP contribution < -0.4 is 16.2 Å². The van der Waals surface area contributed by atoms with Gasteiger partial charge in [-0.25, -0.2) is 9.97 Å². The maximum absolute atomic E-state index is 14.4. The molecule has 7 nitrogen and oxygen atoms in total. The summed E-state index contributed by atoms with van der Waals surface area (Å²) in [5.41, 5.74) is 16.1. The number of hydrogen-bond acceptors (Lipinski definition) is 6. The first-order chi connectivity index (χ1) is 16.1. The molecular weight excluding hydrogens is 419 g/mol. The van der Waals surface area contributed by atoms with Crippen LogP contribution >= 0.6 is 0 Å². The van der Waals surface area contributed by atoms with Gasteiger partial charge in [0.05, 0.1) is 24.1 Å². The third-order valence-corrected chi connectivity index (χ3v) is 5.39. The number of nitrogens with one attached hydrogen (secondary N) is 1. The van der Waals surface area contributed by atoms with Gasteiger partial charge in [0.1, 0.15) is 12.4 Å². The van der Waals surface area contributed by atoms with Crippen LogP contribution in [0.15, 0.2) is 79.3 Å². The highest BCUT2D eigenvalue weighted by Crippen LogP contribution is 2.33. The normalized spacial score (nSPS) is 12.1. The topological polar surface area (TPSA) is 116 Å². The minimum Gasteiger partial charge on any atom is -0.475 e. The van der Waals surface area contributed by atoms with Crippen molar-refractivity contribution in [2.75, 3.05) is 12.3 Å². The maximum atomic E-state index is 14.4. The number of rotatable bonds is 6. The van der Waals surface area contributed by atoms with Gasteiger partial charge >= 0.3 is 0 Å². The van der Waals surface area contributed by atoms with Crippen molar-refractivity contribution >= 4 is 16.7 Å². The number of nitrogens with zero attached hydrogens (tertiary/aromatic N) is 3. The van der Waals surface area contributed by atoms with E-state index >= 15 is 0 Å². The Hall–Kier alpha value is -4.30. The molecule has 1 atom stereocenters. The Bertz CT molecular complexity index is 1420. The number of aromatic amines is 1. The summed E-state index contributed by atoms with van der Waals surface area (Å²) in [5.74, 6) is -0.107. The number of benzene rings is 2. The zero-order valence-electron chi connectivity index (χ0n) is 17.6. The first-order valence-corrected chi connectivity index (χ1v) is 10.4. The fourth-order valence-electron chi connectivity index (χ4n) is 3.68. The Kier molecular flexibility index (Phi) is 5.42. The summed E-state index contributed by atoms with van der Waals surface area (Å²) in [7, 11) is 0. The standard InChI is InChI=1S/C25H21FN6O/c26-25-17(7-9-23(28)32-25)19-11-30-21-8-6-16(10-18(19)21)22-12-29-13-24(31-22)33-14-20(27)15-4-2-1-3-5-15/h1-13,20,30H,14,27H2,(H2,28,32)/t20-/m1/s1. The largest absolute Gasteiger partial charge is 0.475 e. The fraction of sp³-hybridized carbons (Fsp3) is 0.0800. The number of H-pyrrole nitrogens is 1. The van der Waals surface area contributed by atoms with E-state index in [4.69, 9.17) is 16.2 Å². The van der Waals surface area contributed by atoms with Gasteiger partial charge in [0.15, 0.2) is 0 Å². The Morgan fingerprint density at radius 1 is 0.970 bits per heavy atom. The van der Waals surface area contributed by atoms with Crippen LogP contribution in [0.4, 0.5) is 10.2 Å². The molecule has 3 aromatic heterocycles. The van der Waals surface area contributed by atoms with Gasteiger partial charge in [0.2, 0.25) is 11.8 Å². The van der Waals surface area contributed by atoms with E-state index in [1.807, 2.05) is 48.5 Å². The Morgan fingerprint density at radius 3 is 2.64 bits per heavy atom. The Labute approximate surface area is 189 Å². The number of pyridine rings is 1. The number of aromatic nitrogens is 4. The zero-order valence-corrected chi connectivity index (χ0v) is 17.6. The van der Waals surface area contributed by atoms with Gasteiger partial charge in [-0.3, -0.25) is 4.98 Å². The molecule has 33 heavy (non-hydrogen) atoms. The molecule has 0 amide bonds. The van der Waals surface area contributed by atoms with Crippen molar-refractivity contribution in [3.8, 4) is 28.3 Å². The minimum atomic E-state index is -0.619. The van der Waals surface area contributed by atoms with E-state index in [9.17, 15) is 4.39 Å². The number of ether oxygens (including phenoxy) is 1. The molecule has 0 fully saturated rings. The van der Waals surface area contributed by atoms with Crippen molar-refractivity contribution in [3.63, 3.8) is 0 Å². The van der Waals surface area contributed by atoms with Crippen LogP contribution in [-0.2, 0) is 0 Å². The number of halogens is 1. The summed E-state index contributed by atoms with van der Waals surface area (Å²) in [4.78, 5) is 15.7. The minimum absolute atomic E-state index is 0.135. The molecule has 5 rings (SSSR count). The van der Waals surface area contributed by atoms with Crippen molar-refractivity contribution in [1.29, 1.82) is 0 Å². The van der Waals surface area contributed by atoms with E-state index < -0.39 is 5.95 Å². The van der Waals surface area contributed by atoms with E-state index in [1.54, 1.807) is 30.7 Å². The average Bonchev–Trinajstić information content (AvgIpc) is 3.26. The summed E-state index contributed by atoms with van der Waals surface area (Å²) in [6.07, 6.45) is 4.96.